The van der Waals surface area contributed by atoms with Crippen LogP contribution in [0, 0.1) is 11.8 Å². The smallest absolute Gasteiger partial charge is 0.248 e. The molecule has 1 saturated carbocycles. The molecule has 0 aliphatic heterocycles. The summed E-state index contributed by atoms with van der Waals surface area (Å²) in [6.07, 6.45) is 5.01. The highest BCUT2D eigenvalue weighted by molar-refractivity contribution is 7.98. The molecule has 1 N–H and O–H groups in total. The first kappa shape index (κ1) is 16.2. The first-order valence-electron chi connectivity index (χ1n) is 7.08. The highest BCUT2D eigenvalue weighted by Gasteiger charge is 2.40. The average molecular weight is 279 g/mol. The molecule has 0 radical (unpaired) electrons. The molecule has 0 saturated heterocycles. The summed E-state index contributed by atoms with van der Waals surface area (Å²) in [5, 5.41) is 3.55. The summed E-state index contributed by atoms with van der Waals surface area (Å²) in [4.78, 5) is 0. The number of hydrogen-bond donors (Lipinski definition) is 1. The summed E-state index contributed by atoms with van der Waals surface area (Å²) in [6, 6.07) is 0.399. The van der Waals surface area contributed by atoms with Gasteiger partial charge in [0.05, 0.1) is 0 Å². The van der Waals surface area contributed by atoms with Gasteiger partial charge in [0.2, 0.25) is 5.92 Å². The number of alkyl halides is 2. The minimum absolute atomic E-state index is 0.0923. The largest absolute Gasteiger partial charge is 0.314 e. The van der Waals surface area contributed by atoms with E-state index in [4.69, 9.17) is 0 Å². The molecule has 0 aromatic rings. The quantitative estimate of drug-likeness (QED) is 0.715. The van der Waals surface area contributed by atoms with Crippen LogP contribution in [-0.2, 0) is 0 Å². The molecule has 1 aliphatic carbocycles. The lowest BCUT2D eigenvalue weighted by molar-refractivity contribution is 0.00411. The topological polar surface area (TPSA) is 12.0 Å². The summed E-state index contributed by atoms with van der Waals surface area (Å²) in [6.45, 7) is 5.37. The molecule has 0 spiro atoms. The van der Waals surface area contributed by atoms with Crippen molar-refractivity contribution in [2.45, 2.75) is 57.9 Å². The Bertz CT molecular complexity index is 236. The molecule has 0 heterocycles. The fourth-order valence-corrected chi connectivity index (χ4v) is 3.59. The lowest BCUT2D eigenvalue weighted by atomic mass is 9.91. The monoisotopic (exact) mass is 279 g/mol. The molecular weight excluding hydrogens is 252 g/mol. The standard InChI is InChI=1S/C14H27F2NS/c1-4-7-17-13(11(2)10-18-3)8-12-5-6-14(15,16)9-12/h11-13,17H,4-10H2,1-3H3. The van der Waals surface area contributed by atoms with Crippen molar-refractivity contribution in [3.05, 3.63) is 0 Å². The van der Waals surface area contributed by atoms with E-state index in [2.05, 4.69) is 25.4 Å². The third-order valence-corrected chi connectivity index (χ3v) is 4.73. The molecule has 4 heteroatoms. The second kappa shape index (κ2) is 7.68. The Hall–Kier alpha value is 0.170. The van der Waals surface area contributed by atoms with Crippen LogP contribution in [0.5, 0.6) is 0 Å². The Morgan fingerprint density at radius 3 is 2.67 bits per heavy atom. The van der Waals surface area contributed by atoms with E-state index in [-0.39, 0.29) is 18.8 Å². The van der Waals surface area contributed by atoms with Gasteiger partial charge in [-0.1, -0.05) is 13.8 Å². The molecule has 3 unspecified atom stereocenters. The van der Waals surface area contributed by atoms with Crippen LogP contribution in [0.3, 0.4) is 0 Å². The van der Waals surface area contributed by atoms with Gasteiger partial charge in [-0.3, -0.25) is 0 Å². The van der Waals surface area contributed by atoms with Crippen LogP contribution in [0.15, 0.2) is 0 Å². The summed E-state index contributed by atoms with van der Waals surface area (Å²) >= 11 is 1.84. The minimum Gasteiger partial charge on any atom is -0.314 e. The van der Waals surface area contributed by atoms with Gasteiger partial charge in [-0.2, -0.15) is 11.8 Å². The molecule has 0 bridgehead atoms. The predicted octanol–water partition coefficient (Wildman–Crippen LogP) is 4.18. The molecular formula is C14H27F2NS. The van der Waals surface area contributed by atoms with Gasteiger partial charge in [0.1, 0.15) is 0 Å². The Morgan fingerprint density at radius 1 is 1.44 bits per heavy atom. The van der Waals surface area contributed by atoms with Crippen molar-refractivity contribution in [1.29, 1.82) is 0 Å². The molecule has 108 valence electrons. The van der Waals surface area contributed by atoms with Gasteiger partial charge in [-0.05, 0) is 49.7 Å². The number of thioether (sulfide) groups is 1. The second-order valence-electron chi connectivity index (χ2n) is 5.69. The molecule has 0 amide bonds. The molecule has 18 heavy (non-hydrogen) atoms. The van der Waals surface area contributed by atoms with Gasteiger partial charge >= 0.3 is 0 Å². The maximum Gasteiger partial charge on any atom is 0.248 e. The van der Waals surface area contributed by atoms with Crippen LogP contribution in [0.2, 0.25) is 0 Å². The number of nitrogens with one attached hydrogen (secondary N) is 1. The van der Waals surface area contributed by atoms with Crippen molar-refractivity contribution < 1.29 is 8.78 Å². The van der Waals surface area contributed by atoms with Crippen molar-refractivity contribution in [2.24, 2.45) is 11.8 Å². The Balaban J connectivity index is 2.45. The van der Waals surface area contributed by atoms with Crippen LogP contribution in [0.25, 0.3) is 0 Å². The Morgan fingerprint density at radius 2 is 2.17 bits per heavy atom. The number of halogens is 2. The van der Waals surface area contributed by atoms with E-state index in [0.29, 0.717) is 18.4 Å². The lowest BCUT2D eigenvalue weighted by Gasteiger charge is -2.27. The van der Waals surface area contributed by atoms with E-state index in [1.165, 1.54) is 0 Å². The molecule has 0 aromatic carbocycles. The summed E-state index contributed by atoms with van der Waals surface area (Å²) in [7, 11) is 0. The van der Waals surface area contributed by atoms with E-state index in [0.717, 1.165) is 25.1 Å². The van der Waals surface area contributed by atoms with Gasteiger partial charge in [0.15, 0.2) is 0 Å². The first-order chi connectivity index (χ1) is 8.48. The number of rotatable bonds is 8. The van der Waals surface area contributed by atoms with Gasteiger partial charge in [0, 0.05) is 18.9 Å². The lowest BCUT2D eigenvalue weighted by Crippen LogP contribution is -2.38. The highest BCUT2D eigenvalue weighted by atomic mass is 32.2. The van der Waals surface area contributed by atoms with Crippen molar-refractivity contribution in [2.75, 3.05) is 18.6 Å². The molecule has 3 atom stereocenters. The van der Waals surface area contributed by atoms with Crippen LogP contribution in [0.4, 0.5) is 8.78 Å². The zero-order valence-corrected chi connectivity index (χ0v) is 12.7. The summed E-state index contributed by atoms with van der Waals surface area (Å²) in [5.41, 5.74) is 0. The van der Waals surface area contributed by atoms with Gasteiger partial charge < -0.3 is 5.32 Å². The zero-order valence-electron chi connectivity index (χ0n) is 11.8. The van der Waals surface area contributed by atoms with E-state index in [9.17, 15) is 8.78 Å². The molecule has 1 nitrogen and oxygen atoms in total. The predicted molar refractivity (Wildman–Crippen MR) is 76.5 cm³/mol. The molecule has 0 aromatic heterocycles. The normalized spacial score (nSPS) is 26.2. The third-order valence-electron chi connectivity index (χ3n) is 3.87. The number of hydrogen-bond acceptors (Lipinski definition) is 2. The van der Waals surface area contributed by atoms with Crippen LogP contribution < -0.4 is 5.32 Å². The van der Waals surface area contributed by atoms with Crippen LogP contribution in [-0.4, -0.2) is 30.5 Å². The molecule has 1 aliphatic rings. The van der Waals surface area contributed by atoms with Crippen molar-refractivity contribution in [3.63, 3.8) is 0 Å². The third kappa shape index (κ3) is 5.43. The maximum atomic E-state index is 13.2. The summed E-state index contributed by atoms with van der Waals surface area (Å²) < 4.78 is 26.4. The van der Waals surface area contributed by atoms with Crippen molar-refractivity contribution in [3.8, 4) is 0 Å². The van der Waals surface area contributed by atoms with Gasteiger partial charge in [0.25, 0.3) is 0 Å². The fraction of sp³-hybridized carbons (Fsp3) is 1.00. The van der Waals surface area contributed by atoms with E-state index in [1.54, 1.807) is 0 Å². The Kier molecular flexibility index (Phi) is 6.93. The van der Waals surface area contributed by atoms with Crippen molar-refractivity contribution >= 4 is 11.8 Å². The SMILES string of the molecule is CCCNC(CC1CCC(F)(F)C1)C(C)CSC. The Labute approximate surface area is 114 Å². The molecule has 1 rings (SSSR count). The second-order valence-corrected chi connectivity index (χ2v) is 6.60. The van der Waals surface area contributed by atoms with Crippen molar-refractivity contribution in [1.82, 2.24) is 5.32 Å². The van der Waals surface area contributed by atoms with E-state index in [1.807, 2.05) is 11.8 Å². The summed E-state index contributed by atoms with van der Waals surface area (Å²) in [5.74, 6) is -0.535. The van der Waals surface area contributed by atoms with E-state index >= 15 is 0 Å². The van der Waals surface area contributed by atoms with E-state index < -0.39 is 5.92 Å². The fourth-order valence-electron chi connectivity index (χ4n) is 2.83. The van der Waals surface area contributed by atoms with Gasteiger partial charge in [-0.25, -0.2) is 8.78 Å². The van der Waals surface area contributed by atoms with Gasteiger partial charge in [-0.15, -0.1) is 0 Å². The molecule has 1 fully saturated rings. The maximum absolute atomic E-state index is 13.2. The first-order valence-corrected chi connectivity index (χ1v) is 8.48. The van der Waals surface area contributed by atoms with Crippen LogP contribution in [0.1, 0.15) is 46.0 Å². The zero-order chi connectivity index (χ0) is 13.6. The average Bonchev–Trinajstić information content (AvgIpc) is 2.64. The van der Waals surface area contributed by atoms with Crippen LogP contribution >= 0.6 is 11.8 Å². The minimum atomic E-state index is -2.40. The highest BCUT2D eigenvalue weighted by Crippen LogP contribution is 2.41.